The number of esters is 1. The minimum Gasteiger partial charge on any atom is -0.457 e. The van der Waals surface area contributed by atoms with Crippen molar-refractivity contribution in [2.24, 2.45) is 5.73 Å². The van der Waals surface area contributed by atoms with E-state index in [0.717, 1.165) is 83.5 Å². The van der Waals surface area contributed by atoms with Gasteiger partial charge >= 0.3 is 13.8 Å². The van der Waals surface area contributed by atoms with Crippen LogP contribution in [0.15, 0.2) is 60.8 Å². The summed E-state index contributed by atoms with van der Waals surface area (Å²) in [4.78, 5) is 22.6. The van der Waals surface area contributed by atoms with Gasteiger partial charge in [-0.1, -0.05) is 254 Å². The van der Waals surface area contributed by atoms with E-state index in [1.54, 1.807) is 0 Å². The summed E-state index contributed by atoms with van der Waals surface area (Å²) in [6, 6.07) is 0. The molecule has 2 unspecified atom stereocenters. The molecule has 0 fully saturated rings. The highest BCUT2D eigenvalue weighted by molar-refractivity contribution is 7.47. The molecule has 386 valence electrons. The van der Waals surface area contributed by atoms with E-state index in [0.29, 0.717) is 13.0 Å². The van der Waals surface area contributed by atoms with Crippen LogP contribution in [-0.2, 0) is 27.9 Å². The third-order valence-electron chi connectivity index (χ3n) is 11.9. The Bertz CT molecular complexity index is 1200. The number of hydrogen-bond donors (Lipinski definition) is 2. The van der Waals surface area contributed by atoms with Crippen LogP contribution in [0.2, 0.25) is 0 Å². The summed E-state index contributed by atoms with van der Waals surface area (Å²) in [6.07, 6.45) is 68.5. The van der Waals surface area contributed by atoms with Crippen LogP contribution in [-0.4, -0.2) is 49.9 Å². The summed E-state index contributed by atoms with van der Waals surface area (Å²) in [6.45, 7) is 4.82. The lowest BCUT2D eigenvalue weighted by molar-refractivity contribution is -0.154. The molecule has 0 rings (SSSR count). The van der Waals surface area contributed by atoms with Crippen molar-refractivity contribution in [3.05, 3.63) is 60.8 Å². The average Bonchev–Trinajstić information content (AvgIpc) is 3.31. The molecule has 0 aromatic rings. The van der Waals surface area contributed by atoms with Gasteiger partial charge in [0.25, 0.3) is 0 Å². The van der Waals surface area contributed by atoms with Crippen LogP contribution in [0, 0.1) is 0 Å². The van der Waals surface area contributed by atoms with Gasteiger partial charge in [-0.25, -0.2) is 4.57 Å². The van der Waals surface area contributed by atoms with Crippen molar-refractivity contribution >= 4 is 13.8 Å². The van der Waals surface area contributed by atoms with Crippen molar-refractivity contribution in [1.82, 2.24) is 0 Å². The molecule has 0 bridgehead atoms. The van der Waals surface area contributed by atoms with Gasteiger partial charge in [0.1, 0.15) is 6.10 Å². The average molecular weight is 948 g/mol. The number of unbranched alkanes of at least 4 members (excludes halogenated alkanes) is 30. The van der Waals surface area contributed by atoms with Crippen LogP contribution >= 0.6 is 7.82 Å². The van der Waals surface area contributed by atoms with Crippen LogP contribution in [0.3, 0.4) is 0 Å². The van der Waals surface area contributed by atoms with E-state index < -0.39 is 13.9 Å². The number of hydrogen-bond acceptors (Lipinski definition) is 7. The molecular weight excluding hydrogens is 842 g/mol. The Balaban J connectivity index is 3.90. The number of carbonyl (C=O) groups excluding carboxylic acids is 1. The Kier molecular flexibility index (Phi) is 52.7. The fourth-order valence-electron chi connectivity index (χ4n) is 7.91. The topological polar surface area (TPSA) is 117 Å². The van der Waals surface area contributed by atoms with Crippen molar-refractivity contribution < 1.29 is 32.8 Å². The van der Waals surface area contributed by atoms with E-state index in [9.17, 15) is 14.3 Å². The van der Waals surface area contributed by atoms with Gasteiger partial charge in [-0.2, -0.15) is 0 Å². The Morgan fingerprint density at radius 2 is 0.848 bits per heavy atom. The highest BCUT2D eigenvalue weighted by atomic mass is 31.2. The molecule has 0 heterocycles. The van der Waals surface area contributed by atoms with E-state index >= 15 is 0 Å². The normalized spacial score (nSPS) is 13.7. The Hall–Kier alpha value is -1.80. The van der Waals surface area contributed by atoms with Gasteiger partial charge in [-0.15, -0.1) is 0 Å². The van der Waals surface area contributed by atoms with E-state index in [-0.39, 0.29) is 32.3 Å². The molecule has 8 nitrogen and oxygen atoms in total. The molecule has 9 heteroatoms. The number of ether oxygens (including phenoxy) is 2. The van der Waals surface area contributed by atoms with Gasteiger partial charge in [0, 0.05) is 19.6 Å². The van der Waals surface area contributed by atoms with E-state index in [2.05, 4.69) is 74.6 Å². The van der Waals surface area contributed by atoms with Gasteiger partial charge in [0.05, 0.1) is 19.8 Å². The molecule has 0 aromatic heterocycles. The van der Waals surface area contributed by atoms with Crippen LogP contribution < -0.4 is 5.73 Å². The van der Waals surface area contributed by atoms with Crippen LogP contribution in [0.4, 0.5) is 0 Å². The lowest BCUT2D eigenvalue weighted by Gasteiger charge is -2.20. The Labute approximate surface area is 408 Å². The van der Waals surface area contributed by atoms with Crippen molar-refractivity contribution in [2.45, 2.75) is 264 Å². The molecule has 0 saturated carbocycles. The molecule has 0 radical (unpaired) electrons. The van der Waals surface area contributed by atoms with E-state index in [1.165, 1.54) is 154 Å². The molecule has 0 aromatic carbocycles. The molecule has 2 atom stereocenters. The molecular formula is C57H106NO7P. The lowest BCUT2D eigenvalue weighted by atomic mass is 10.0. The predicted molar refractivity (Wildman–Crippen MR) is 284 cm³/mol. The minimum absolute atomic E-state index is 0.0957. The maximum absolute atomic E-state index is 12.7. The zero-order valence-electron chi connectivity index (χ0n) is 43.2. The minimum atomic E-state index is -4.29. The van der Waals surface area contributed by atoms with Crippen molar-refractivity contribution in [1.29, 1.82) is 0 Å². The number of phosphoric acid groups is 1. The zero-order valence-corrected chi connectivity index (χ0v) is 44.1. The van der Waals surface area contributed by atoms with Crippen molar-refractivity contribution in [2.75, 3.05) is 33.0 Å². The molecule has 0 aliphatic carbocycles. The number of rotatable bonds is 53. The first-order valence-electron chi connectivity index (χ1n) is 27.8. The molecule has 0 saturated heterocycles. The summed E-state index contributed by atoms with van der Waals surface area (Å²) < 4.78 is 33.6. The van der Waals surface area contributed by atoms with E-state index in [4.69, 9.17) is 24.3 Å². The number of allylic oxidation sites excluding steroid dienone is 10. The molecule has 3 N–H and O–H groups in total. The molecule has 0 aliphatic heterocycles. The highest BCUT2D eigenvalue weighted by Gasteiger charge is 2.25. The van der Waals surface area contributed by atoms with E-state index in [1.807, 2.05) is 0 Å². The summed E-state index contributed by atoms with van der Waals surface area (Å²) in [5.74, 6) is -0.346. The predicted octanol–water partition coefficient (Wildman–Crippen LogP) is 17.7. The van der Waals surface area contributed by atoms with Gasteiger partial charge in [-0.05, 0) is 57.8 Å². The quantitative estimate of drug-likeness (QED) is 0.0268. The first kappa shape index (κ1) is 64.2. The highest BCUT2D eigenvalue weighted by Crippen LogP contribution is 2.43. The molecule has 0 spiro atoms. The molecule has 0 aliphatic rings. The summed E-state index contributed by atoms with van der Waals surface area (Å²) >= 11 is 0. The third-order valence-corrected chi connectivity index (χ3v) is 12.9. The summed E-state index contributed by atoms with van der Waals surface area (Å²) in [5, 5.41) is 0. The number of nitrogens with two attached hydrogens (primary N) is 1. The van der Waals surface area contributed by atoms with Gasteiger partial charge in [-0.3, -0.25) is 13.8 Å². The maximum atomic E-state index is 12.7. The fourth-order valence-corrected chi connectivity index (χ4v) is 8.67. The second kappa shape index (κ2) is 54.1. The smallest absolute Gasteiger partial charge is 0.457 e. The standard InChI is InChI=1S/C57H106NO7P/c1-3-5-7-9-11-13-15-17-19-21-23-25-26-27-28-29-31-33-35-37-39-41-43-45-47-49-52-62-54-56(55-64-66(60,61)63-53-51-58)65-57(59)50-48-46-44-42-40-38-36-34-32-30-24-22-20-18-16-14-12-10-8-6-4-2/h6,8,12,14,18,20,24,30,34,36,56H,3-5,7,9-11,13,15-17,19,21-23,25-29,31-33,35,37-55,58H2,1-2H3,(H,60,61)/b8-6-,14-12-,20-18-,30-24-,36-34-. The Morgan fingerprint density at radius 3 is 1.27 bits per heavy atom. The third kappa shape index (κ3) is 53.2. The zero-order chi connectivity index (χ0) is 48.0. The second-order valence-electron chi connectivity index (χ2n) is 18.4. The maximum Gasteiger partial charge on any atom is 0.472 e. The van der Waals surface area contributed by atoms with Crippen molar-refractivity contribution in [3.63, 3.8) is 0 Å². The van der Waals surface area contributed by atoms with Gasteiger partial charge in [0.2, 0.25) is 0 Å². The summed E-state index contributed by atoms with van der Waals surface area (Å²) in [7, 11) is -4.29. The molecule has 0 amide bonds. The SMILES string of the molecule is CC/C=C\C/C=C\C/C=C\C/C=C\C/C=C\CCCCCCCC(=O)OC(COCCCCCCCCCCCCCCCCCCCCCCCCCCCC)COP(=O)(O)OCCN. The van der Waals surface area contributed by atoms with Crippen LogP contribution in [0.25, 0.3) is 0 Å². The lowest BCUT2D eigenvalue weighted by Crippen LogP contribution is -2.28. The van der Waals surface area contributed by atoms with Crippen molar-refractivity contribution in [3.8, 4) is 0 Å². The first-order valence-corrected chi connectivity index (χ1v) is 29.3. The number of phosphoric ester groups is 1. The fraction of sp³-hybridized carbons (Fsp3) is 0.807. The Morgan fingerprint density at radius 1 is 0.470 bits per heavy atom. The van der Waals surface area contributed by atoms with Crippen LogP contribution in [0.5, 0.6) is 0 Å². The summed E-state index contributed by atoms with van der Waals surface area (Å²) in [5.41, 5.74) is 5.40. The van der Waals surface area contributed by atoms with Crippen LogP contribution in [0.1, 0.15) is 258 Å². The van der Waals surface area contributed by atoms with Gasteiger partial charge in [0.15, 0.2) is 0 Å². The second-order valence-corrected chi connectivity index (χ2v) is 19.9. The largest absolute Gasteiger partial charge is 0.472 e. The number of carbonyl (C=O) groups is 1. The monoisotopic (exact) mass is 948 g/mol. The van der Waals surface area contributed by atoms with Gasteiger partial charge < -0.3 is 20.1 Å². The first-order chi connectivity index (χ1) is 32.4. The molecule has 66 heavy (non-hydrogen) atoms.